The van der Waals surface area contributed by atoms with Gasteiger partial charge in [0.2, 0.25) is 5.91 Å². The lowest BCUT2D eigenvalue weighted by Crippen LogP contribution is -2.34. The summed E-state index contributed by atoms with van der Waals surface area (Å²) < 4.78 is 10.6. The van der Waals surface area contributed by atoms with Crippen molar-refractivity contribution in [3.8, 4) is 11.5 Å². The topological polar surface area (TPSA) is 67.9 Å². The fourth-order valence-electron chi connectivity index (χ4n) is 2.79. The first-order chi connectivity index (χ1) is 12.1. The summed E-state index contributed by atoms with van der Waals surface area (Å²) in [5.41, 5.74) is 1.28. The van der Waals surface area contributed by atoms with Crippen LogP contribution in [0.5, 0.6) is 11.5 Å². The van der Waals surface area contributed by atoms with Crippen LogP contribution in [0.4, 0.5) is 11.4 Å². The lowest BCUT2D eigenvalue weighted by atomic mass is 10.2. The molecule has 1 aliphatic heterocycles. The first-order valence-corrected chi connectivity index (χ1v) is 8.12. The second kappa shape index (κ2) is 7.25. The lowest BCUT2D eigenvalue weighted by molar-refractivity contribution is -0.121. The molecule has 1 N–H and O–H groups in total. The van der Waals surface area contributed by atoms with E-state index in [-0.39, 0.29) is 18.2 Å². The molecule has 1 saturated heterocycles. The number of nitrogens with zero attached hydrogens (tertiary/aromatic N) is 1. The molecule has 1 atom stereocenters. The minimum absolute atomic E-state index is 0.114. The number of benzene rings is 2. The smallest absolute Gasteiger partial charge is 0.256 e. The number of anilines is 2. The minimum Gasteiger partial charge on any atom is -0.497 e. The molecule has 25 heavy (non-hydrogen) atoms. The molecule has 6 heteroatoms. The van der Waals surface area contributed by atoms with Crippen molar-refractivity contribution in [1.82, 2.24) is 0 Å². The highest BCUT2D eigenvalue weighted by Gasteiger charge is 2.39. The van der Waals surface area contributed by atoms with Gasteiger partial charge < -0.3 is 14.8 Å². The number of methoxy groups -OCH3 is 1. The Hall–Kier alpha value is -3.02. The molecule has 2 amide bonds. The molecule has 0 aliphatic carbocycles. The van der Waals surface area contributed by atoms with Gasteiger partial charge >= 0.3 is 0 Å². The van der Waals surface area contributed by atoms with Gasteiger partial charge in [0.25, 0.3) is 5.91 Å². The van der Waals surface area contributed by atoms with Gasteiger partial charge in [-0.25, -0.2) is 4.90 Å². The molecule has 6 nitrogen and oxygen atoms in total. The van der Waals surface area contributed by atoms with Crippen molar-refractivity contribution in [3.63, 3.8) is 0 Å². The Bertz CT molecular complexity index is 773. The van der Waals surface area contributed by atoms with E-state index in [1.165, 1.54) is 4.90 Å². The molecule has 0 spiro atoms. The standard InChI is InChI=1S/C19H20N2O4/c1-3-25-15-9-7-14(8-10-15)21-18(22)12-17(19(21)23)20-13-5-4-6-16(11-13)24-2/h4-11,17,20H,3,12H2,1-2H3/t17-/m1/s1. The third-order valence-electron chi connectivity index (χ3n) is 3.96. The quantitative estimate of drug-likeness (QED) is 0.819. The van der Waals surface area contributed by atoms with Crippen LogP contribution in [0.1, 0.15) is 13.3 Å². The molecule has 1 heterocycles. The molecule has 2 aromatic rings. The molecule has 0 radical (unpaired) electrons. The summed E-state index contributed by atoms with van der Waals surface area (Å²) in [7, 11) is 1.58. The maximum atomic E-state index is 12.7. The number of carbonyl (C=O) groups excluding carboxylic acids is 2. The van der Waals surface area contributed by atoms with Gasteiger partial charge in [0.1, 0.15) is 17.5 Å². The van der Waals surface area contributed by atoms with Crippen LogP contribution in [0.15, 0.2) is 48.5 Å². The van der Waals surface area contributed by atoms with Gasteiger partial charge in [0.05, 0.1) is 25.8 Å². The Balaban J connectivity index is 1.75. The number of hydrogen-bond acceptors (Lipinski definition) is 5. The molecule has 2 aromatic carbocycles. The molecule has 1 aliphatic rings. The molecule has 0 saturated carbocycles. The number of amides is 2. The third kappa shape index (κ3) is 3.57. The largest absolute Gasteiger partial charge is 0.497 e. The molecule has 0 unspecified atom stereocenters. The van der Waals surface area contributed by atoms with Crippen LogP contribution in [-0.4, -0.2) is 31.6 Å². The van der Waals surface area contributed by atoms with Crippen LogP contribution in [0.25, 0.3) is 0 Å². The van der Waals surface area contributed by atoms with E-state index in [2.05, 4.69) is 5.32 Å². The summed E-state index contributed by atoms with van der Waals surface area (Å²) in [6, 6.07) is 13.6. The van der Waals surface area contributed by atoms with Crippen molar-refractivity contribution in [1.29, 1.82) is 0 Å². The van der Waals surface area contributed by atoms with Crippen molar-refractivity contribution in [3.05, 3.63) is 48.5 Å². The van der Waals surface area contributed by atoms with Crippen LogP contribution >= 0.6 is 0 Å². The second-order valence-electron chi connectivity index (χ2n) is 5.63. The predicted molar refractivity (Wildman–Crippen MR) is 95.1 cm³/mol. The number of nitrogens with one attached hydrogen (secondary N) is 1. The van der Waals surface area contributed by atoms with Gasteiger partial charge in [-0.3, -0.25) is 9.59 Å². The fraction of sp³-hybridized carbons (Fsp3) is 0.263. The van der Waals surface area contributed by atoms with E-state index in [1.54, 1.807) is 37.4 Å². The average Bonchev–Trinajstić information content (AvgIpc) is 2.90. The molecule has 0 aromatic heterocycles. The van der Waals surface area contributed by atoms with Crippen molar-refractivity contribution in [2.24, 2.45) is 0 Å². The molecular formula is C19H20N2O4. The van der Waals surface area contributed by atoms with Crippen LogP contribution in [-0.2, 0) is 9.59 Å². The lowest BCUT2D eigenvalue weighted by Gasteiger charge is -2.17. The van der Waals surface area contributed by atoms with Gasteiger partial charge in [-0.1, -0.05) is 6.07 Å². The van der Waals surface area contributed by atoms with E-state index in [4.69, 9.17) is 9.47 Å². The van der Waals surface area contributed by atoms with Gasteiger partial charge in [-0.2, -0.15) is 0 Å². The summed E-state index contributed by atoms with van der Waals surface area (Å²) in [5.74, 6) is 0.896. The van der Waals surface area contributed by atoms with Crippen molar-refractivity contribution < 1.29 is 19.1 Å². The SMILES string of the molecule is CCOc1ccc(N2C(=O)C[C@@H](Nc3cccc(OC)c3)C2=O)cc1. The van der Waals surface area contributed by atoms with Crippen molar-refractivity contribution in [2.75, 3.05) is 23.9 Å². The number of rotatable bonds is 6. The van der Waals surface area contributed by atoms with Gasteiger partial charge in [-0.05, 0) is 43.3 Å². The van der Waals surface area contributed by atoms with Gasteiger partial charge in [0.15, 0.2) is 0 Å². The Morgan fingerprint density at radius 3 is 2.56 bits per heavy atom. The maximum Gasteiger partial charge on any atom is 0.256 e. The third-order valence-corrected chi connectivity index (χ3v) is 3.96. The molecule has 1 fully saturated rings. The molecule has 130 valence electrons. The average molecular weight is 340 g/mol. The zero-order valence-electron chi connectivity index (χ0n) is 14.2. The van der Waals surface area contributed by atoms with Gasteiger partial charge in [0, 0.05) is 11.8 Å². The summed E-state index contributed by atoms with van der Waals surface area (Å²) in [6.45, 7) is 2.46. The van der Waals surface area contributed by atoms with E-state index in [9.17, 15) is 9.59 Å². The Labute approximate surface area is 146 Å². The van der Waals surface area contributed by atoms with E-state index in [0.717, 1.165) is 5.69 Å². The zero-order valence-corrected chi connectivity index (χ0v) is 14.2. The molecule has 3 rings (SSSR count). The maximum absolute atomic E-state index is 12.7. The second-order valence-corrected chi connectivity index (χ2v) is 5.63. The predicted octanol–water partition coefficient (Wildman–Crippen LogP) is 2.84. The summed E-state index contributed by atoms with van der Waals surface area (Å²) in [4.78, 5) is 26.2. The van der Waals surface area contributed by atoms with E-state index in [0.29, 0.717) is 23.8 Å². The normalized spacial score (nSPS) is 16.9. The number of imide groups is 1. The van der Waals surface area contributed by atoms with Crippen molar-refractivity contribution >= 4 is 23.2 Å². The van der Waals surface area contributed by atoms with Crippen LogP contribution < -0.4 is 19.7 Å². The first-order valence-electron chi connectivity index (χ1n) is 8.12. The highest BCUT2D eigenvalue weighted by Crippen LogP contribution is 2.27. The molecular weight excluding hydrogens is 320 g/mol. The highest BCUT2D eigenvalue weighted by molar-refractivity contribution is 6.23. The fourth-order valence-corrected chi connectivity index (χ4v) is 2.79. The van der Waals surface area contributed by atoms with E-state index >= 15 is 0 Å². The van der Waals surface area contributed by atoms with Crippen LogP contribution in [0.2, 0.25) is 0 Å². The summed E-state index contributed by atoms with van der Waals surface area (Å²) in [6.07, 6.45) is 0.114. The van der Waals surface area contributed by atoms with Crippen molar-refractivity contribution in [2.45, 2.75) is 19.4 Å². The van der Waals surface area contributed by atoms with Crippen LogP contribution in [0.3, 0.4) is 0 Å². The minimum atomic E-state index is -0.592. The summed E-state index contributed by atoms with van der Waals surface area (Å²) >= 11 is 0. The van der Waals surface area contributed by atoms with Gasteiger partial charge in [-0.15, -0.1) is 0 Å². The Kier molecular flexibility index (Phi) is 4.88. The highest BCUT2D eigenvalue weighted by atomic mass is 16.5. The number of carbonyl (C=O) groups is 2. The number of ether oxygens (including phenoxy) is 2. The van der Waals surface area contributed by atoms with E-state index in [1.807, 2.05) is 25.1 Å². The summed E-state index contributed by atoms with van der Waals surface area (Å²) in [5, 5.41) is 3.11. The zero-order chi connectivity index (χ0) is 17.8. The monoisotopic (exact) mass is 340 g/mol. The first kappa shape index (κ1) is 16.8. The Morgan fingerprint density at radius 1 is 1.12 bits per heavy atom. The molecule has 0 bridgehead atoms. The number of hydrogen-bond donors (Lipinski definition) is 1. The van der Waals surface area contributed by atoms with Crippen LogP contribution in [0, 0.1) is 0 Å². The Morgan fingerprint density at radius 2 is 1.88 bits per heavy atom. The van der Waals surface area contributed by atoms with E-state index < -0.39 is 6.04 Å².